The van der Waals surface area contributed by atoms with Gasteiger partial charge >= 0.3 is 6.04 Å². The topological polar surface area (TPSA) is 30.0 Å². The van der Waals surface area contributed by atoms with Crippen LogP contribution >= 0.6 is 11.5 Å². The summed E-state index contributed by atoms with van der Waals surface area (Å²) in [6.07, 6.45) is 0. The Balaban J connectivity index is 2.79. The minimum atomic E-state index is -1.47. The molecule has 0 unspecified atom stereocenters. The number of aromatic nitrogens is 1. The Bertz CT molecular complexity index is 437. The highest BCUT2D eigenvalue weighted by atomic mass is 32.1. The van der Waals surface area contributed by atoms with Crippen molar-refractivity contribution in [2.24, 2.45) is 0 Å². The molecule has 0 aliphatic rings. The van der Waals surface area contributed by atoms with Crippen LogP contribution in [0.4, 0.5) is 4.39 Å². The van der Waals surface area contributed by atoms with E-state index in [-0.39, 0.29) is 5.69 Å². The van der Waals surface area contributed by atoms with E-state index in [1.54, 1.807) is 18.2 Å². The number of rotatable bonds is 1. The quantitative estimate of drug-likeness (QED) is 0.632. The Morgan fingerprint density at radius 2 is 2.17 bits per heavy atom. The molecule has 0 saturated carbocycles. The number of carbonyl (C=O) groups is 1. The fourth-order valence-corrected chi connectivity index (χ4v) is 1.79. The number of benzene rings is 1. The molecule has 2 rings (SSSR count). The molecule has 2 nitrogen and oxygen atoms in total. The molecule has 0 aliphatic heterocycles. The van der Waals surface area contributed by atoms with E-state index in [9.17, 15) is 9.18 Å². The number of hydrogen-bond acceptors (Lipinski definition) is 3. The first-order valence-corrected chi connectivity index (χ1v) is 4.10. The van der Waals surface area contributed by atoms with Gasteiger partial charge in [0.1, 0.15) is 0 Å². The van der Waals surface area contributed by atoms with Crippen LogP contribution in [0.3, 0.4) is 0 Å². The smallest absolute Gasteiger partial charge is 0.253 e. The number of fused-ring (bicyclic) bond motifs is 1. The lowest BCUT2D eigenvalue weighted by Gasteiger charge is -1.86. The molecule has 0 spiro atoms. The molecule has 1 aromatic carbocycles. The maximum atomic E-state index is 12.3. The normalized spacial score (nSPS) is 10.4. The van der Waals surface area contributed by atoms with Crippen molar-refractivity contribution in [3.8, 4) is 0 Å². The lowest BCUT2D eigenvalue weighted by molar-refractivity contribution is 0.0833. The monoisotopic (exact) mass is 181 g/mol. The average Bonchev–Trinajstić information content (AvgIpc) is 2.47. The lowest BCUT2D eigenvalue weighted by Crippen LogP contribution is -1.88. The second-order valence-electron chi connectivity index (χ2n) is 2.30. The van der Waals surface area contributed by atoms with E-state index in [1.165, 1.54) is 0 Å². The number of hydrogen-bond donors (Lipinski definition) is 0. The van der Waals surface area contributed by atoms with Crippen molar-refractivity contribution in [2.75, 3.05) is 0 Å². The summed E-state index contributed by atoms with van der Waals surface area (Å²) in [6.45, 7) is 0. The summed E-state index contributed by atoms with van der Waals surface area (Å²) in [4.78, 5) is 10.4. The third kappa shape index (κ3) is 1.00. The summed E-state index contributed by atoms with van der Waals surface area (Å²) in [5.74, 6) is 0. The van der Waals surface area contributed by atoms with Crippen molar-refractivity contribution in [1.29, 1.82) is 0 Å². The Kier molecular flexibility index (Phi) is 1.62. The van der Waals surface area contributed by atoms with Gasteiger partial charge in [-0.15, -0.1) is 0 Å². The summed E-state index contributed by atoms with van der Waals surface area (Å²) in [5, 5.41) is 0.593. The Hall–Kier alpha value is -1.29. The van der Waals surface area contributed by atoms with Gasteiger partial charge in [0.15, 0.2) is 5.69 Å². The molecule has 0 bridgehead atoms. The third-order valence-electron chi connectivity index (χ3n) is 1.56. The van der Waals surface area contributed by atoms with Crippen LogP contribution < -0.4 is 0 Å². The van der Waals surface area contributed by atoms with Crippen molar-refractivity contribution in [3.05, 3.63) is 30.0 Å². The fraction of sp³-hybridized carbons (Fsp3) is 0. The maximum Gasteiger partial charge on any atom is 0.352 e. The van der Waals surface area contributed by atoms with Crippen molar-refractivity contribution in [2.45, 2.75) is 0 Å². The summed E-state index contributed by atoms with van der Waals surface area (Å²) in [5.41, 5.74) is -0.0735. The predicted molar refractivity (Wildman–Crippen MR) is 45.1 cm³/mol. The molecular weight excluding hydrogens is 177 g/mol. The van der Waals surface area contributed by atoms with Gasteiger partial charge < -0.3 is 0 Å². The molecule has 0 fully saturated rings. The highest BCUT2D eigenvalue weighted by molar-refractivity contribution is 7.13. The minimum absolute atomic E-state index is 0.0735. The number of nitrogens with zero attached hydrogens (tertiary/aromatic N) is 1. The minimum Gasteiger partial charge on any atom is -0.253 e. The molecule has 1 heterocycles. The molecule has 0 aliphatic carbocycles. The lowest BCUT2D eigenvalue weighted by atomic mass is 10.2. The molecule has 2 aromatic rings. The van der Waals surface area contributed by atoms with Gasteiger partial charge in [0, 0.05) is 5.39 Å². The second-order valence-corrected chi connectivity index (χ2v) is 3.11. The van der Waals surface area contributed by atoms with E-state index in [4.69, 9.17) is 0 Å². The fourth-order valence-electron chi connectivity index (χ4n) is 1.03. The van der Waals surface area contributed by atoms with Crippen LogP contribution in [-0.2, 0) is 0 Å². The molecule has 0 atom stereocenters. The van der Waals surface area contributed by atoms with Gasteiger partial charge in [-0.05, 0) is 17.6 Å². The molecule has 1 aromatic heterocycles. The van der Waals surface area contributed by atoms with Crippen LogP contribution in [0.2, 0.25) is 0 Å². The SMILES string of the molecule is O=C(F)c1nsc2ccccc12. The average molecular weight is 181 g/mol. The van der Waals surface area contributed by atoms with Gasteiger partial charge in [-0.3, -0.25) is 4.79 Å². The van der Waals surface area contributed by atoms with E-state index in [1.807, 2.05) is 6.07 Å². The van der Waals surface area contributed by atoms with Crippen LogP contribution in [0.15, 0.2) is 24.3 Å². The van der Waals surface area contributed by atoms with Gasteiger partial charge in [0.2, 0.25) is 0 Å². The standard InChI is InChI=1S/C8H4FNOS/c9-8(11)7-5-3-1-2-4-6(5)12-10-7/h1-4H. The van der Waals surface area contributed by atoms with E-state index in [0.29, 0.717) is 5.39 Å². The van der Waals surface area contributed by atoms with E-state index in [0.717, 1.165) is 16.2 Å². The summed E-state index contributed by atoms with van der Waals surface area (Å²) in [6, 6.07) is 5.61. The van der Waals surface area contributed by atoms with Crippen LogP contribution in [-0.4, -0.2) is 10.4 Å². The molecule has 4 heteroatoms. The zero-order valence-electron chi connectivity index (χ0n) is 5.95. The van der Waals surface area contributed by atoms with Crippen LogP contribution in [0, 0.1) is 0 Å². The zero-order chi connectivity index (χ0) is 8.55. The molecule has 0 amide bonds. The summed E-state index contributed by atoms with van der Waals surface area (Å²) < 4.78 is 16.8. The molecule has 60 valence electrons. The summed E-state index contributed by atoms with van der Waals surface area (Å²) in [7, 11) is 0. The Morgan fingerprint density at radius 1 is 1.42 bits per heavy atom. The molecule has 0 N–H and O–H groups in total. The third-order valence-corrected chi connectivity index (χ3v) is 2.39. The Labute approximate surface area is 71.8 Å². The highest BCUT2D eigenvalue weighted by Crippen LogP contribution is 2.22. The summed E-state index contributed by atoms with van der Waals surface area (Å²) >= 11 is 1.13. The first kappa shape index (κ1) is 7.36. The van der Waals surface area contributed by atoms with E-state index >= 15 is 0 Å². The van der Waals surface area contributed by atoms with Gasteiger partial charge in [0.05, 0.1) is 4.70 Å². The van der Waals surface area contributed by atoms with E-state index in [2.05, 4.69) is 4.37 Å². The first-order valence-electron chi connectivity index (χ1n) is 3.33. The predicted octanol–water partition coefficient (Wildman–Crippen LogP) is 2.41. The van der Waals surface area contributed by atoms with Gasteiger partial charge in [-0.25, -0.2) is 0 Å². The van der Waals surface area contributed by atoms with Crippen LogP contribution in [0.5, 0.6) is 0 Å². The zero-order valence-corrected chi connectivity index (χ0v) is 6.77. The molecule has 0 saturated heterocycles. The Morgan fingerprint density at radius 3 is 2.92 bits per heavy atom. The first-order chi connectivity index (χ1) is 5.79. The molecule has 12 heavy (non-hydrogen) atoms. The van der Waals surface area contributed by atoms with Crippen LogP contribution in [0.25, 0.3) is 10.1 Å². The van der Waals surface area contributed by atoms with Gasteiger partial charge in [-0.1, -0.05) is 18.2 Å². The number of halogens is 1. The maximum absolute atomic E-state index is 12.3. The second kappa shape index (κ2) is 2.64. The van der Waals surface area contributed by atoms with Gasteiger partial charge in [0.25, 0.3) is 0 Å². The number of carbonyl (C=O) groups excluding carboxylic acids is 1. The van der Waals surface area contributed by atoms with Gasteiger partial charge in [-0.2, -0.15) is 8.76 Å². The van der Waals surface area contributed by atoms with E-state index < -0.39 is 6.04 Å². The van der Waals surface area contributed by atoms with Crippen molar-refractivity contribution in [1.82, 2.24) is 4.37 Å². The van der Waals surface area contributed by atoms with Crippen molar-refractivity contribution in [3.63, 3.8) is 0 Å². The molecule has 0 radical (unpaired) electrons. The highest BCUT2D eigenvalue weighted by Gasteiger charge is 2.11. The largest absolute Gasteiger partial charge is 0.352 e. The van der Waals surface area contributed by atoms with Crippen molar-refractivity contribution < 1.29 is 9.18 Å². The van der Waals surface area contributed by atoms with Crippen LogP contribution in [0.1, 0.15) is 10.5 Å². The van der Waals surface area contributed by atoms with Crippen molar-refractivity contribution >= 4 is 27.7 Å². The molecular formula is C8H4FNOS.